The molecule has 4 rings (SSSR count). The number of carbonyl (C=O) groups is 2. The highest BCUT2D eigenvalue weighted by molar-refractivity contribution is 6.01. The first-order valence-electron chi connectivity index (χ1n) is 9.23. The van der Waals surface area contributed by atoms with Gasteiger partial charge in [-0.15, -0.1) is 0 Å². The minimum Gasteiger partial charge on any atom is -0.479 e. The molecule has 0 spiro atoms. The van der Waals surface area contributed by atoms with E-state index in [1.54, 1.807) is 12.2 Å². The molecule has 4 nitrogen and oxygen atoms in total. The fourth-order valence-corrected chi connectivity index (χ4v) is 6.43. The van der Waals surface area contributed by atoms with Crippen LogP contribution in [0.4, 0.5) is 0 Å². The second-order valence-corrected chi connectivity index (χ2v) is 8.88. The Hall–Kier alpha value is -1.68. The molecule has 2 saturated carbocycles. The van der Waals surface area contributed by atoms with Gasteiger partial charge in [0.25, 0.3) is 0 Å². The predicted octanol–water partition coefficient (Wildman–Crippen LogP) is 3.28. The summed E-state index contributed by atoms with van der Waals surface area (Å²) in [4.78, 5) is 23.7. The molecule has 0 bridgehead atoms. The topological polar surface area (TPSA) is 74.6 Å². The molecule has 0 radical (unpaired) electrons. The molecule has 0 heterocycles. The number of aliphatic carboxylic acids is 1. The number of carboxylic acids is 1. The normalized spacial score (nSPS) is 48.2. The van der Waals surface area contributed by atoms with E-state index in [2.05, 4.69) is 26.0 Å². The molecule has 0 amide bonds. The Morgan fingerprint density at radius 2 is 1.88 bits per heavy atom. The van der Waals surface area contributed by atoms with Gasteiger partial charge in [-0.2, -0.15) is 0 Å². The fraction of sp³-hybridized carbons (Fsp3) is 0.619. The van der Waals surface area contributed by atoms with Gasteiger partial charge in [-0.1, -0.05) is 31.6 Å². The van der Waals surface area contributed by atoms with E-state index in [0.717, 1.165) is 24.0 Å². The van der Waals surface area contributed by atoms with E-state index >= 15 is 0 Å². The van der Waals surface area contributed by atoms with Crippen molar-refractivity contribution in [1.29, 1.82) is 0 Å². The molecular weight excluding hydrogens is 316 g/mol. The van der Waals surface area contributed by atoms with Crippen LogP contribution in [0.2, 0.25) is 0 Å². The minimum atomic E-state index is -1.63. The van der Waals surface area contributed by atoms with E-state index in [-0.39, 0.29) is 23.0 Å². The minimum absolute atomic E-state index is 0.0421. The highest BCUT2D eigenvalue weighted by Gasteiger charge is 2.66. The lowest BCUT2D eigenvalue weighted by atomic mass is 9.48. The maximum absolute atomic E-state index is 11.9. The zero-order valence-electron chi connectivity index (χ0n) is 15.1. The highest BCUT2D eigenvalue weighted by Crippen LogP contribution is 2.66. The summed E-state index contributed by atoms with van der Waals surface area (Å²) in [5.74, 6) is -0.289. The lowest BCUT2D eigenvalue weighted by molar-refractivity contribution is -0.178. The Bertz CT molecular complexity index is 760. The van der Waals surface area contributed by atoms with Crippen molar-refractivity contribution in [3.05, 3.63) is 35.5 Å². The molecule has 134 valence electrons. The molecule has 2 N–H and O–H groups in total. The van der Waals surface area contributed by atoms with Gasteiger partial charge in [-0.3, -0.25) is 4.79 Å². The first kappa shape index (κ1) is 16.8. The summed E-state index contributed by atoms with van der Waals surface area (Å²) in [5, 5.41) is 20.6. The quantitative estimate of drug-likeness (QED) is 0.767. The molecule has 4 aliphatic carbocycles. The third-order valence-electron chi connectivity index (χ3n) is 7.94. The van der Waals surface area contributed by atoms with Crippen molar-refractivity contribution in [2.45, 2.75) is 52.1 Å². The summed E-state index contributed by atoms with van der Waals surface area (Å²) in [7, 11) is 0. The van der Waals surface area contributed by atoms with Crippen LogP contribution in [0.3, 0.4) is 0 Å². The van der Waals surface area contributed by atoms with Crippen molar-refractivity contribution >= 4 is 11.8 Å². The number of carboxylic acid groups (broad SMARTS) is 1. The van der Waals surface area contributed by atoms with Gasteiger partial charge in [0.2, 0.25) is 0 Å². The summed E-state index contributed by atoms with van der Waals surface area (Å²) in [5.41, 5.74) is -0.168. The number of allylic oxidation sites excluding steroid dienone is 6. The smallest absolute Gasteiger partial charge is 0.336 e. The number of rotatable bonds is 1. The third-order valence-corrected chi connectivity index (χ3v) is 7.94. The second kappa shape index (κ2) is 4.94. The third kappa shape index (κ3) is 1.92. The molecule has 0 unspecified atom stereocenters. The van der Waals surface area contributed by atoms with Gasteiger partial charge in [-0.25, -0.2) is 4.79 Å². The van der Waals surface area contributed by atoms with E-state index in [0.29, 0.717) is 18.8 Å². The lowest BCUT2D eigenvalue weighted by Crippen LogP contribution is -2.56. The van der Waals surface area contributed by atoms with Gasteiger partial charge in [-0.05, 0) is 68.1 Å². The zero-order valence-corrected chi connectivity index (χ0v) is 15.1. The van der Waals surface area contributed by atoms with Crippen molar-refractivity contribution < 1.29 is 19.8 Å². The number of hydrogen-bond donors (Lipinski definition) is 2. The Balaban J connectivity index is 1.81. The van der Waals surface area contributed by atoms with Gasteiger partial charge >= 0.3 is 5.97 Å². The lowest BCUT2D eigenvalue weighted by Gasteiger charge is -2.56. The summed E-state index contributed by atoms with van der Waals surface area (Å²) in [6.07, 6.45) is 10.4. The number of fused-ring (bicyclic) bond motifs is 5. The van der Waals surface area contributed by atoms with Gasteiger partial charge < -0.3 is 10.2 Å². The molecule has 0 saturated heterocycles. The largest absolute Gasteiger partial charge is 0.479 e. The van der Waals surface area contributed by atoms with Crippen molar-refractivity contribution in [3.8, 4) is 0 Å². The van der Waals surface area contributed by atoms with Crippen molar-refractivity contribution in [2.75, 3.05) is 0 Å². The number of aliphatic hydroxyl groups is 1. The monoisotopic (exact) mass is 342 g/mol. The molecule has 4 aliphatic rings. The van der Waals surface area contributed by atoms with Crippen molar-refractivity contribution in [3.63, 3.8) is 0 Å². The first-order chi connectivity index (χ1) is 11.6. The van der Waals surface area contributed by atoms with E-state index in [1.807, 2.05) is 6.92 Å². The van der Waals surface area contributed by atoms with Crippen LogP contribution in [0.15, 0.2) is 35.5 Å². The van der Waals surface area contributed by atoms with Crippen LogP contribution in [-0.2, 0) is 9.59 Å². The molecule has 4 heteroatoms. The van der Waals surface area contributed by atoms with E-state index in [4.69, 9.17) is 0 Å². The SMILES string of the molecule is CC1=C[C@@H]2[C@H](CC[C@@]3(C)[C@H]2CC[C@]3(O)C(=O)O)[C@@]2(C)C=CC(=O)C=C12. The summed E-state index contributed by atoms with van der Waals surface area (Å²) in [6, 6.07) is 0. The molecule has 2 fully saturated rings. The van der Waals surface area contributed by atoms with E-state index in [1.165, 1.54) is 0 Å². The average Bonchev–Trinajstić information content (AvgIpc) is 2.83. The van der Waals surface area contributed by atoms with Crippen LogP contribution < -0.4 is 0 Å². The number of carbonyl (C=O) groups excluding carboxylic acids is 1. The number of hydrogen-bond acceptors (Lipinski definition) is 3. The average molecular weight is 342 g/mol. The van der Waals surface area contributed by atoms with Crippen LogP contribution in [0.5, 0.6) is 0 Å². The van der Waals surface area contributed by atoms with Gasteiger partial charge in [0.1, 0.15) is 0 Å². The standard InChI is InChI=1S/C21H26O4/c1-12-10-14-15(19(2)7-4-13(22)11-17(12)19)5-8-20(3)16(14)6-9-21(20,25)18(23)24/h4,7,10-11,14-16,25H,5-6,8-9H2,1-3H3,(H,23,24)/t14-,15+,16+,19-,20+,21+/m1/s1. The Labute approximate surface area is 148 Å². The zero-order chi connectivity index (χ0) is 18.2. The summed E-state index contributed by atoms with van der Waals surface area (Å²) < 4.78 is 0. The Morgan fingerprint density at radius 1 is 1.20 bits per heavy atom. The molecule has 0 aliphatic heterocycles. The van der Waals surface area contributed by atoms with Crippen LogP contribution >= 0.6 is 0 Å². The van der Waals surface area contributed by atoms with Crippen LogP contribution in [0.25, 0.3) is 0 Å². The predicted molar refractivity (Wildman–Crippen MR) is 93.7 cm³/mol. The maximum atomic E-state index is 11.9. The van der Waals surface area contributed by atoms with E-state index in [9.17, 15) is 19.8 Å². The second-order valence-electron chi connectivity index (χ2n) is 8.88. The van der Waals surface area contributed by atoms with Crippen molar-refractivity contribution in [1.82, 2.24) is 0 Å². The summed E-state index contributed by atoms with van der Waals surface area (Å²) in [6.45, 7) is 6.22. The summed E-state index contributed by atoms with van der Waals surface area (Å²) >= 11 is 0. The van der Waals surface area contributed by atoms with Gasteiger partial charge in [0, 0.05) is 10.8 Å². The molecule has 6 atom stereocenters. The van der Waals surface area contributed by atoms with Crippen LogP contribution in [-0.4, -0.2) is 27.6 Å². The molecule has 25 heavy (non-hydrogen) atoms. The fourth-order valence-electron chi connectivity index (χ4n) is 6.43. The Kier molecular flexibility index (Phi) is 3.31. The first-order valence-corrected chi connectivity index (χ1v) is 9.23. The van der Waals surface area contributed by atoms with Crippen LogP contribution in [0.1, 0.15) is 46.5 Å². The van der Waals surface area contributed by atoms with Crippen LogP contribution in [0, 0.1) is 28.6 Å². The molecular formula is C21H26O4. The molecule has 0 aromatic heterocycles. The van der Waals surface area contributed by atoms with Gasteiger partial charge in [0.05, 0.1) is 0 Å². The Morgan fingerprint density at radius 3 is 2.56 bits per heavy atom. The van der Waals surface area contributed by atoms with E-state index < -0.39 is 17.0 Å². The molecule has 0 aromatic rings. The van der Waals surface area contributed by atoms with Gasteiger partial charge in [0.15, 0.2) is 11.4 Å². The van der Waals surface area contributed by atoms with Crippen molar-refractivity contribution in [2.24, 2.45) is 28.6 Å². The maximum Gasteiger partial charge on any atom is 0.336 e. The molecule has 0 aromatic carbocycles. The number of ketones is 1. The highest BCUT2D eigenvalue weighted by atomic mass is 16.4.